The Morgan fingerprint density at radius 2 is 2.19 bits per heavy atom. The van der Waals surface area contributed by atoms with Crippen LogP contribution in [0.5, 0.6) is 0 Å². The maximum atomic E-state index is 11.0. The SMILES string of the molecule is NCC(=O)NC[C@@H]1CCCC[C@H]1O[N+](=O)[O-]. The molecule has 0 bridgehead atoms. The van der Waals surface area contributed by atoms with Gasteiger partial charge in [0.15, 0.2) is 0 Å². The second kappa shape index (κ2) is 6.26. The average molecular weight is 231 g/mol. The van der Waals surface area contributed by atoms with Crippen molar-refractivity contribution in [2.24, 2.45) is 11.7 Å². The van der Waals surface area contributed by atoms with Gasteiger partial charge in [0.2, 0.25) is 5.91 Å². The normalized spacial score (nSPS) is 24.8. The van der Waals surface area contributed by atoms with Gasteiger partial charge in [-0.05, 0) is 12.8 Å². The first kappa shape index (κ1) is 12.7. The van der Waals surface area contributed by atoms with Gasteiger partial charge >= 0.3 is 0 Å². The summed E-state index contributed by atoms with van der Waals surface area (Å²) in [6, 6.07) is 0. The van der Waals surface area contributed by atoms with Gasteiger partial charge in [0.25, 0.3) is 5.09 Å². The molecule has 1 aliphatic rings. The molecule has 3 N–H and O–H groups in total. The predicted molar refractivity (Wildman–Crippen MR) is 55.9 cm³/mol. The summed E-state index contributed by atoms with van der Waals surface area (Å²) in [7, 11) is 0. The Morgan fingerprint density at radius 3 is 2.81 bits per heavy atom. The molecule has 0 aliphatic heterocycles. The zero-order valence-electron chi connectivity index (χ0n) is 9.05. The van der Waals surface area contributed by atoms with Crippen LogP contribution in [0.3, 0.4) is 0 Å². The van der Waals surface area contributed by atoms with Gasteiger partial charge in [0, 0.05) is 12.5 Å². The van der Waals surface area contributed by atoms with E-state index < -0.39 is 11.2 Å². The first-order valence-corrected chi connectivity index (χ1v) is 5.41. The number of carbonyl (C=O) groups excluding carboxylic acids is 1. The largest absolute Gasteiger partial charge is 0.355 e. The minimum absolute atomic E-state index is 0.00894. The van der Waals surface area contributed by atoms with Crippen LogP contribution in [-0.2, 0) is 9.63 Å². The van der Waals surface area contributed by atoms with Gasteiger partial charge in [-0.25, -0.2) is 0 Å². The molecular weight excluding hydrogens is 214 g/mol. The van der Waals surface area contributed by atoms with Crippen molar-refractivity contribution in [3.8, 4) is 0 Å². The van der Waals surface area contributed by atoms with Crippen LogP contribution in [0.2, 0.25) is 0 Å². The molecule has 0 aromatic rings. The summed E-state index contributed by atoms with van der Waals surface area (Å²) < 4.78 is 0. The maximum absolute atomic E-state index is 11.0. The van der Waals surface area contributed by atoms with Crippen molar-refractivity contribution >= 4 is 5.91 Å². The molecule has 1 aliphatic carbocycles. The molecule has 0 saturated heterocycles. The predicted octanol–water partition coefficient (Wildman–Crippen LogP) is -0.172. The zero-order chi connectivity index (χ0) is 12.0. The highest BCUT2D eigenvalue weighted by molar-refractivity contribution is 5.77. The van der Waals surface area contributed by atoms with Gasteiger partial charge in [-0.1, -0.05) is 12.8 Å². The first-order valence-electron chi connectivity index (χ1n) is 5.41. The minimum atomic E-state index is -0.756. The lowest BCUT2D eigenvalue weighted by molar-refractivity contribution is -0.771. The molecule has 1 rings (SSSR count). The molecule has 0 aromatic carbocycles. The molecule has 0 heterocycles. The highest BCUT2D eigenvalue weighted by atomic mass is 17.0. The lowest BCUT2D eigenvalue weighted by atomic mass is 9.86. The molecule has 7 nitrogen and oxygen atoms in total. The van der Waals surface area contributed by atoms with Gasteiger partial charge < -0.3 is 15.9 Å². The van der Waals surface area contributed by atoms with Crippen molar-refractivity contribution in [2.45, 2.75) is 31.8 Å². The fourth-order valence-corrected chi connectivity index (χ4v) is 1.97. The zero-order valence-corrected chi connectivity index (χ0v) is 9.05. The van der Waals surface area contributed by atoms with Crippen molar-refractivity contribution in [1.29, 1.82) is 0 Å². The van der Waals surface area contributed by atoms with E-state index in [2.05, 4.69) is 10.2 Å². The summed E-state index contributed by atoms with van der Waals surface area (Å²) in [6.45, 7) is 0.335. The maximum Gasteiger partial charge on any atom is 0.294 e. The third kappa shape index (κ3) is 4.01. The lowest BCUT2D eigenvalue weighted by Gasteiger charge is -2.29. The van der Waals surface area contributed by atoms with E-state index in [1.807, 2.05) is 0 Å². The Balaban J connectivity index is 2.40. The van der Waals surface area contributed by atoms with Crippen LogP contribution in [0.1, 0.15) is 25.7 Å². The van der Waals surface area contributed by atoms with Gasteiger partial charge in [0.1, 0.15) is 6.10 Å². The number of hydrogen-bond donors (Lipinski definition) is 2. The summed E-state index contributed by atoms with van der Waals surface area (Å²) >= 11 is 0. The van der Waals surface area contributed by atoms with Crippen molar-refractivity contribution in [3.05, 3.63) is 10.1 Å². The van der Waals surface area contributed by atoms with Crippen molar-refractivity contribution in [3.63, 3.8) is 0 Å². The van der Waals surface area contributed by atoms with Crippen LogP contribution >= 0.6 is 0 Å². The summed E-state index contributed by atoms with van der Waals surface area (Å²) in [5, 5.41) is 12.2. The van der Waals surface area contributed by atoms with Crippen molar-refractivity contribution in [1.82, 2.24) is 5.32 Å². The molecular formula is C9H17N3O4. The molecule has 0 radical (unpaired) electrons. The van der Waals surface area contributed by atoms with E-state index in [1.54, 1.807) is 0 Å². The number of hydrogen-bond acceptors (Lipinski definition) is 5. The van der Waals surface area contributed by atoms with E-state index in [-0.39, 0.29) is 18.4 Å². The number of nitrogens with two attached hydrogens (primary N) is 1. The lowest BCUT2D eigenvalue weighted by Crippen LogP contribution is -2.40. The van der Waals surface area contributed by atoms with Gasteiger partial charge in [-0.3, -0.25) is 4.79 Å². The van der Waals surface area contributed by atoms with E-state index in [0.717, 1.165) is 19.3 Å². The van der Waals surface area contributed by atoms with E-state index in [9.17, 15) is 14.9 Å². The highest BCUT2D eigenvalue weighted by Gasteiger charge is 2.28. The Bertz CT molecular complexity index is 259. The van der Waals surface area contributed by atoms with Gasteiger partial charge in [0.05, 0.1) is 6.54 Å². The first-order chi connectivity index (χ1) is 7.63. The fraction of sp³-hybridized carbons (Fsp3) is 0.889. The Kier molecular flexibility index (Phi) is 4.97. The topological polar surface area (TPSA) is 107 Å². The number of rotatable bonds is 5. The van der Waals surface area contributed by atoms with Crippen LogP contribution in [0.25, 0.3) is 0 Å². The van der Waals surface area contributed by atoms with E-state index >= 15 is 0 Å². The van der Waals surface area contributed by atoms with Gasteiger partial charge in [-0.15, -0.1) is 10.1 Å². The molecule has 0 aromatic heterocycles. The standard InChI is InChI=1S/C9H17N3O4/c10-5-9(13)11-6-7-3-1-2-4-8(7)16-12(14)15/h7-8H,1-6,10H2,(H,11,13)/t7-,8+/m0/s1. The van der Waals surface area contributed by atoms with Crippen molar-refractivity contribution < 1.29 is 14.7 Å². The van der Waals surface area contributed by atoms with E-state index in [0.29, 0.717) is 13.0 Å². The summed E-state index contributed by atoms with van der Waals surface area (Å²) in [5.74, 6) is -0.236. The number of nitrogens with zero attached hydrogens (tertiary/aromatic N) is 1. The average Bonchev–Trinajstić information content (AvgIpc) is 2.26. The van der Waals surface area contributed by atoms with Crippen LogP contribution in [0.15, 0.2) is 0 Å². The second-order valence-corrected chi connectivity index (χ2v) is 3.92. The second-order valence-electron chi connectivity index (χ2n) is 3.92. The quantitative estimate of drug-likeness (QED) is 0.504. The molecule has 1 fully saturated rings. The number of amides is 1. The fourth-order valence-electron chi connectivity index (χ4n) is 1.97. The van der Waals surface area contributed by atoms with Crippen molar-refractivity contribution in [2.75, 3.05) is 13.1 Å². The summed E-state index contributed by atoms with van der Waals surface area (Å²) in [5.41, 5.74) is 5.15. The van der Waals surface area contributed by atoms with Gasteiger partial charge in [-0.2, -0.15) is 0 Å². The van der Waals surface area contributed by atoms with Crippen LogP contribution < -0.4 is 11.1 Å². The Morgan fingerprint density at radius 1 is 1.50 bits per heavy atom. The molecule has 0 spiro atoms. The van der Waals surface area contributed by atoms with E-state index in [1.165, 1.54) is 0 Å². The molecule has 2 atom stereocenters. The Hall–Kier alpha value is -1.37. The third-order valence-corrected chi connectivity index (χ3v) is 2.81. The third-order valence-electron chi connectivity index (χ3n) is 2.81. The van der Waals surface area contributed by atoms with E-state index in [4.69, 9.17) is 5.73 Å². The molecule has 16 heavy (non-hydrogen) atoms. The molecule has 92 valence electrons. The van der Waals surface area contributed by atoms with Crippen LogP contribution in [0, 0.1) is 16.0 Å². The Labute approximate surface area is 93.4 Å². The molecule has 0 unspecified atom stereocenters. The molecule has 1 amide bonds. The monoisotopic (exact) mass is 231 g/mol. The van der Waals surface area contributed by atoms with Crippen LogP contribution in [-0.4, -0.2) is 30.2 Å². The van der Waals surface area contributed by atoms with Crippen LogP contribution in [0.4, 0.5) is 0 Å². The smallest absolute Gasteiger partial charge is 0.294 e. The molecule has 7 heteroatoms. The molecule has 1 saturated carbocycles. The summed E-state index contributed by atoms with van der Waals surface area (Å²) in [4.78, 5) is 25.9. The minimum Gasteiger partial charge on any atom is -0.355 e. The number of nitrogens with one attached hydrogen (secondary N) is 1. The number of carbonyl (C=O) groups is 1. The highest BCUT2D eigenvalue weighted by Crippen LogP contribution is 2.26. The summed E-state index contributed by atoms with van der Waals surface area (Å²) in [6.07, 6.45) is 3.05.